The highest BCUT2D eigenvalue weighted by Gasteiger charge is 2.41. The minimum absolute atomic E-state index is 0.171. The van der Waals surface area contributed by atoms with Gasteiger partial charge in [0.15, 0.2) is 0 Å². The highest BCUT2D eigenvalue weighted by atomic mass is 16.6. The second-order valence-corrected chi connectivity index (χ2v) is 5.80. The van der Waals surface area contributed by atoms with Crippen molar-refractivity contribution in [2.24, 2.45) is 11.8 Å². The smallest absolute Gasteiger partial charge is 0.410 e. The van der Waals surface area contributed by atoms with Gasteiger partial charge in [0.1, 0.15) is 6.61 Å². The molecule has 20 heavy (non-hydrogen) atoms. The third-order valence-corrected chi connectivity index (χ3v) is 4.60. The SMILES string of the molecule is CC1C2CC=CCC2CN1C(=O)OCc1ccccc1. The van der Waals surface area contributed by atoms with Crippen LogP contribution in [0.4, 0.5) is 4.79 Å². The number of hydrogen-bond donors (Lipinski definition) is 0. The van der Waals surface area contributed by atoms with Crippen LogP contribution in [0.1, 0.15) is 25.3 Å². The van der Waals surface area contributed by atoms with Crippen LogP contribution in [-0.2, 0) is 11.3 Å². The fourth-order valence-electron chi connectivity index (χ4n) is 3.39. The van der Waals surface area contributed by atoms with Crippen molar-refractivity contribution in [3.05, 3.63) is 48.0 Å². The summed E-state index contributed by atoms with van der Waals surface area (Å²) in [6.45, 7) is 3.34. The molecule has 1 saturated heterocycles. The molecule has 3 rings (SSSR count). The molecule has 3 unspecified atom stereocenters. The van der Waals surface area contributed by atoms with Crippen LogP contribution < -0.4 is 0 Å². The Morgan fingerprint density at radius 3 is 2.75 bits per heavy atom. The second kappa shape index (κ2) is 5.70. The first-order valence-corrected chi connectivity index (χ1v) is 7.38. The molecule has 1 aliphatic heterocycles. The Morgan fingerprint density at radius 1 is 1.25 bits per heavy atom. The molecule has 0 N–H and O–H groups in total. The van der Waals surface area contributed by atoms with E-state index in [9.17, 15) is 4.79 Å². The highest BCUT2D eigenvalue weighted by Crippen LogP contribution is 2.37. The molecule has 0 spiro atoms. The van der Waals surface area contributed by atoms with E-state index in [-0.39, 0.29) is 12.1 Å². The fourth-order valence-corrected chi connectivity index (χ4v) is 3.39. The fraction of sp³-hybridized carbons (Fsp3) is 0.471. The van der Waals surface area contributed by atoms with Gasteiger partial charge in [0.2, 0.25) is 0 Å². The molecule has 1 amide bonds. The minimum Gasteiger partial charge on any atom is -0.445 e. The van der Waals surface area contributed by atoms with Gasteiger partial charge in [-0.2, -0.15) is 0 Å². The van der Waals surface area contributed by atoms with Crippen LogP contribution in [0.3, 0.4) is 0 Å². The average molecular weight is 271 g/mol. The first-order chi connectivity index (χ1) is 9.75. The number of ether oxygens (including phenoxy) is 1. The molecule has 0 aromatic heterocycles. The molecule has 1 aromatic carbocycles. The quantitative estimate of drug-likeness (QED) is 0.769. The van der Waals surface area contributed by atoms with Gasteiger partial charge in [-0.15, -0.1) is 0 Å². The van der Waals surface area contributed by atoms with E-state index in [0.717, 1.165) is 24.9 Å². The molecule has 1 aromatic rings. The van der Waals surface area contributed by atoms with Crippen molar-refractivity contribution in [2.75, 3.05) is 6.54 Å². The summed E-state index contributed by atoms with van der Waals surface area (Å²) in [5, 5.41) is 0. The van der Waals surface area contributed by atoms with E-state index in [1.165, 1.54) is 0 Å². The number of allylic oxidation sites excluding steroid dienone is 2. The van der Waals surface area contributed by atoms with Crippen molar-refractivity contribution in [1.29, 1.82) is 0 Å². The summed E-state index contributed by atoms with van der Waals surface area (Å²) in [6.07, 6.45) is 6.50. The molecule has 1 heterocycles. The second-order valence-electron chi connectivity index (χ2n) is 5.80. The molecule has 1 fully saturated rings. The van der Waals surface area contributed by atoms with Crippen LogP contribution in [0.25, 0.3) is 0 Å². The standard InChI is InChI=1S/C17H21NO2/c1-13-16-10-6-5-9-15(16)11-18(13)17(19)20-12-14-7-3-2-4-8-14/h2-8,13,15-16H,9-12H2,1H3. The van der Waals surface area contributed by atoms with Gasteiger partial charge in [0.05, 0.1) is 0 Å². The van der Waals surface area contributed by atoms with Crippen molar-refractivity contribution in [1.82, 2.24) is 4.90 Å². The Balaban J connectivity index is 1.58. The van der Waals surface area contributed by atoms with Gasteiger partial charge < -0.3 is 9.64 Å². The van der Waals surface area contributed by atoms with Gasteiger partial charge in [0, 0.05) is 12.6 Å². The first kappa shape index (κ1) is 13.2. The maximum absolute atomic E-state index is 12.3. The molecular weight excluding hydrogens is 250 g/mol. The molecule has 106 valence electrons. The zero-order valence-electron chi connectivity index (χ0n) is 11.9. The maximum Gasteiger partial charge on any atom is 0.410 e. The maximum atomic E-state index is 12.3. The van der Waals surface area contributed by atoms with E-state index in [2.05, 4.69) is 19.1 Å². The average Bonchev–Trinajstić information content (AvgIpc) is 2.84. The molecule has 3 heteroatoms. The molecule has 3 nitrogen and oxygen atoms in total. The van der Waals surface area contributed by atoms with Crippen molar-refractivity contribution < 1.29 is 9.53 Å². The van der Waals surface area contributed by atoms with E-state index in [4.69, 9.17) is 4.74 Å². The van der Waals surface area contributed by atoms with Gasteiger partial charge >= 0.3 is 6.09 Å². The van der Waals surface area contributed by atoms with Crippen LogP contribution in [-0.4, -0.2) is 23.6 Å². The first-order valence-electron chi connectivity index (χ1n) is 7.38. The lowest BCUT2D eigenvalue weighted by Crippen LogP contribution is -2.36. The number of rotatable bonds is 2. The van der Waals surface area contributed by atoms with Crippen LogP contribution in [0, 0.1) is 11.8 Å². The van der Waals surface area contributed by atoms with Gasteiger partial charge in [-0.25, -0.2) is 4.79 Å². The molecular formula is C17H21NO2. The van der Waals surface area contributed by atoms with E-state index < -0.39 is 0 Å². The summed E-state index contributed by atoms with van der Waals surface area (Å²) in [7, 11) is 0. The molecule has 0 radical (unpaired) electrons. The lowest BCUT2D eigenvalue weighted by atomic mass is 9.83. The zero-order valence-corrected chi connectivity index (χ0v) is 11.9. The van der Waals surface area contributed by atoms with E-state index in [1.807, 2.05) is 35.2 Å². The number of amides is 1. The Kier molecular flexibility index (Phi) is 3.77. The Hall–Kier alpha value is -1.77. The van der Waals surface area contributed by atoms with Crippen LogP contribution >= 0.6 is 0 Å². The van der Waals surface area contributed by atoms with Crippen molar-refractivity contribution in [3.63, 3.8) is 0 Å². The Labute approximate surface area is 120 Å². The number of nitrogens with zero attached hydrogens (tertiary/aromatic N) is 1. The summed E-state index contributed by atoms with van der Waals surface area (Å²) >= 11 is 0. The lowest BCUT2D eigenvalue weighted by molar-refractivity contribution is 0.0911. The van der Waals surface area contributed by atoms with Crippen LogP contribution in [0.5, 0.6) is 0 Å². The number of hydrogen-bond acceptors (Lipinski definition) is 2. The summed E-state index contributed by atoms with van der Waals surface area (Å²) in [6, 6.07) is 10.1. The molecule has 0 saturated carbocycles. The highest BCUT2D eigenvalue weighted by molar-refractivity contribution is 5.68. The Bertz CT molecular complexity index is 497. The normalized spacial score (nSPS) is 28.2. The molecule has 0 bridgehead atoms. The topological polar surface area (TPSA) is 29.5 Å². The number of carbonyl (C=O) groups is 1. The van der Waals surface area contributed by atoms with E-state index in [1.54, 1.807) is 0 Å². The summed E-state index contributed by atoms with van der Waals surface area (Å²) < 4.78 is 5.46. The number of benzene rings is 1. The largest absolute Gasteiger partial charge is 0.445 e. The van der Waals surface area contributed by atoms with Gasteiger partial charge in [0.25, 0.3) is 0 Å². The van der Waals surface area contributed by atoms with Crippen molar-refractivity contribution in [2.45, 2.75) is 32.4 Å². The predicted molar refractivity (Wildman–Crippen MR) is 78.1 cm³/mol. The van der Waals surface area contributed by atoms with Gasteiger partial charge in [-0.3, -0.25) is 0 Å². The third kappa shape index (κ3) is 2.58. The molecule has 1 aliphatic carbocycles. The summed E-state index contributed by atoms with van der Waals surface area (Å²) in [5.41, 5.74) is 1.03. The number of likely N-dealkylation sites (tertiary alicyclic amines) is 1. The van der Waals surface area contributed by atoms with Crippen LogP contribution in [0.2, 0.25) is 0 Å². The molecule has 3 atom stereocenters. The van der Waals surface area contributed by atoms with Crippen LogP contribution in [0.15, 0.2) is 42.5 Å². The summed E-state index contributed by atoms with van der Waals surface area (Å²) in [4.78, 5) is 14.2. The number of fused-ring (bicyclic) bond motifs is 1. The number of carbonyl (C=O) groups excluding carboxylic acids is 1. The zero-order chi connectivity index (χ0) is 13.9. The molecule has 2 aliphatic rings. The van der Waals surface area contributed by atoms with E-state index >= 15 is 0 Å². The third-order valence-electron chi connectivity index (χ3n) is 4.60. The Morgan fingerprint density at radius 2 is 2.00 bits per heavy atom. The monoisotopic (exact) mass is 271 g/mol. The van der Waals surface area contributed by atoms with Crippen molar-refractivity contribution >= 4 is 6.09 Å². The summed E-state index contributed by atoms with van der Waals surface area (Å²) in [5.74, 6) is 1.21. The van der Waals surface area contributed by atoms with Crippen molar-refractivity contribution in [3.8, 4) is 0 Å². The van der Waals surface area contributed by atoms with E-state index in [0.29, 0.717) is 18.4 Å². The predicted octanol–water partition coefficient (Wildman–Crippen LogP) is 3.61. The minimum atomic E-state index is -0.171. The van der Waals surface area contributed by atoms with Gasteiger partial charge in [-0.1, -0.05) is 42.5 Å². The lowest BCUT2D eigenvalue weighted by Gasteiger charge is -2.25. The van der Waals surface area contributed by atoms with Gasteiger partial charge in [-0.05, 0) is 37.2 Å².